The Kier molecular flexibility index (Phi) is 5.06. The van der Waals surface area contributed by atoms with Crippen LogP contribution in [0.3, 0.4) is 0 Å². The van der Waals surface area contributed by atoms with E-state index in [9.17, 15) is 0 Å². The second-order valence-corrected chi connectivity index (χ2v) is 8.37. The van der Waals surface area contributed by atoms with Crippen LogP contribution >= 0.6 is 11.6 Å². The van der Waals surface area contributed by atoms with Crippen LogP contribution in [0.15, 0.2) is 48.5 Å². The summed E-state index contributed by atoms with van der Waals surface area (Å²) in [7, 11) is 1.70. The molecule has 0 aliphatic heterocycles. The highest BCUT2D eigenvalue weighted by Gasteiger charge is 2.33. The molecular weight excluding hydrogens is 384 g/mol. The van der Waals surface area contributed by atoms with Gasteiger partial charge in [-0.25, -0.2) is 4.68 Å². The number of hydrogen-bond donors (Lipinski definition) is 0. The van der Waals surface area contributed by atoms with E-state index in [-0.39, 0.29) is 6.10 Å². The molecule has 2 aliphatic carbocycles. The Bertz CT molecular complexity index is 1010. The molecule has 1 saturated carbocycles. The van der Waals surface area contributed by atoms with Crippen molar-refractivity contribution in [2.75, 3.05) is 7.11 Å². The van der Waals surface area contributed by atoms with Gasteiger partial charge < -0.3 is 9.47 Å². The summed E-state index contributed by atoms with van der Waals surface area (Å²) in [5, 5.41) is 5.75. The SMILES string of the molecule is COc1ccccc1-n1nc2c(c1-c1ccc(Cl)cc1)C[C@H](OC1CCCC1)C2. The van der Waals surface area contributed by atoms with Crippen LogP contribution in [0.1, 0.15) is 36.9 Å². The van der Waals surface area contributed by atoms with Crippen LogP contribution in [0.5, 0.6) is 5.75 Å². The maximum atomic E-state index is 6.42. The van der Waals surface area contributed by atoms with Crippen molar-refractivity contribution in [3.8, 4) is 22.7 Å². The van der Waals surface area contributed by atoms with Gasteiger partial charge in [-0.3, -0.25) is 0 Å². The highest BCUT2D eigenvalue weighted by molar-refractivity contribution is 6.30. The molecule has 1 fully saturated rings. The highest BCUT2D eigenvalue weighted by atomic mass is 35.5. The van der Waals surface area contributed by atoms with E-state index in [1.54, 1.807) is 7.11 Å². The van der Waals surface area contributed by atoms with Gasteiger partial charge >= 0.3 is 0 Å². The maximum absolute atomic E-state index is 6.42. The Labute approximate surface area is 176 Å². The van der Waals surface area contributed by atoms with E-state index < -0.39 is 0 Å². The van der Waals surface area contributed by atoms with Gasteiger partial charge in [0.05, 0.1) is 30.7 Å². The quantitative estimate of drug-likeness (QED) is 0.549. The molecule has 0 bridgehead atoms. The fourth-order valence-electron chi connectivity index (χ4n) is 4.67. The van der Waals surface area contributed by atoms with Gasteiger partial charge in [-0.15, -0.1) is 0 Å². The van der Waals surface area contributed by atoms with Gasteiger partial charge in [-0.05, 0) is 37.1 Å². The van der Waals surface area contributed by atoms with Crippen LogP contribution in [0.4, 0.5) is 0 Å². The Balaban J connectivity index is 1.56. The average Bonchev–Trinajstić information content (AvgIpc) is 3.45. The molecule has 29 heavy (non-hydrogen) atoms. The molecule has 1 atom stereocenters. The number of benzene rings is 2. The van der Waals surface area contributed by atoms with Crippen molar-refractivity contribution in [3.63, 3.8) is 0 Å². The molecule has 0 unspecified atom stereocenters. The zero-order chi connectivity index (χ0) is 19.8. The van der Waals surface area contributed by atoms with Crippen molar-refractivity contribution < 1.29 is 9.47 Å². The molecule has 1 aromatic heterocycles. The minimum absolute atomic E-state index is 0.231. The van der Waals surface area contributed by atoms with Crippen LogP contribution in [-0.4, -0.2) is 29.1 Å². The van der Waals surface area contributed by atoms with E-state index in [4.69, 9.17) is 26.2 Å². The summed E-state index contributed by atoms with van der Waals surface area (Å²) in [6.45, 7) is 0. The molecule has 1 heterocycles. The number of fused-ring (bicyclic) bond motifs is 1. The first kappa shape index (κ1) is 18.7. The minimum Gasteiger partial charge on any atom is -0.494 e. The third-order valence-electron chi connectivity index (χ3n) is 6.04. The topological polar surface area (TPSA) is 36.3 Å². The van der Waals surface area contributed by atoms with Crippen molar-refractivity contribution >= 4 is 11.6 Å². The van der Waals surface area contributed by atoms with E-state index in [0.717, 1.165) is 46.3 Å². The van der Waals surface area contributed by atoms with Crippen LogP contribution in [0.2, 0.25) is 5.02 Å². The fourth-order valence-corrected chi connectivity index (χ4v) is 4.79. The first-order chi connectivity index (χ1) is 14.2. The highest BCUT2D eigenvalue weighted by Crippen LogP contribution is 2.38. The first-order valence-corrected chi connectivity index (χ1v) is 10.8. The lowest BCUT2D eigenvalue weighted by Crippen LogP contribution is -2.21. The first-order valence-electron chi connectivity index (χ1n) is 10.4. The molecule has 5 rings (SSSR count). The molecule has 0 saturated heterocycles. The summed E-state index contributed by atoms with van der Waals surface area (Å²) in [6, 6.07) is 16.0. The molecule has 0 radical (unpaired) electrons. The summed E-state index contributed by atoms with van der Waals surface area (Å²) >= 11 is 6.15. The van der Waals surface area contributed by atoms with Gasteiger partial charge in [0, 0.05) is 29.0 Å². The van der Waals surface area contributed by atoms with Gasteiger partial charge in [0.2, 0.25) is 0 Å². The lowest BCUT2D eigenvalue weighted by atomic mass is 10.1. The largest absolute Gasteiger partial charge is 0.494 e. The molecule has 5 heteroatoms. The van der Waals surface area contributed by atoms with Crippen LogP contribution in [0.25, 0.3) is 16.9 Å². The van der Waals surface area contributed by atoms with Gasteiger partial charge in [-0.2, -0.15) is 5.10 Å². The van der Waals surface area contributed by atoms with E-state index in [1.165, 1.54) is 31.2 Å². The van der Waals surface area contributed by atoms with Crippen molar-refractivity contribution in [2.24, 2.45) is 0 Å². The Morgan fingerprint density at radius 2 is 1.72 bits per heavy atom. The number of aromatic nitrogens is 2. The second kappa shape index (κ2) is 7.85. The van der Waals surface area contributed by atoms with Crippen molar-refractivity contribution in [1.29, 1.82) is 0 Å². The number of nitrogens with zero attached hydrogens (tertiary/aromatic N) is 2. The summed E-state index contributed by atoms with van der Waals surface area (Å²) in [5.74, 6) is 0.808. The minimum atomic E-state index is 0.231. The van der Waals surface area contributed by atoms with Gasteiger partial charge in [-0.1, -0.05) is 48.7 Å². The standard InChI is InChI=1S/C24H25ClN2O2/c1-28-23-9-5-4-8-22(23)27-24(16-10-12-17(25)13-11-16)20-14-19(15-21(20)26-27)29-18-6-2-3-7-18/h4-5,8-13,18-19H,2-3,6-7,14-15H2,1H3/t19-/m0/s1. The molecule has 2 aromatic carbocycles. The Morgan fingerprint density at radius 3 is 2.48 bits per heavy atom. The van der Waals surface area contributed by atoms with Crippen LogP contribution in [-0.2, 0) is 17.6 Å². The zero-order valence-corrected chi connectivity index (χ0v) is 17.4. The summed E-state index contributed by atoms with van der Waals surface area (Å²) in [5.41, 5.74) is 5.57. The predicted octanol–water partition coefficient (Wildman–Crippen LogP) is 5.63. The van der Waals surface area contributed by atoms with E-state index in [2.05, 4.69) is 12.1 Å². The predicted molar refractivity (Wildman–Crippen MR) is 115 cm³/mol. The molecular formula is C24H25ClN2O2. The van der Waals surface area contributed by atoms with Gasteiger partial charge in [0.25, 0.3) is 0 Å². The lowest BCUT2D eigenvalue weighted by molar-refractivity contribution is -0.00220. The number of rotatable bonds is 5. The van der Waals surface area contributed by atoms with Crippen molar-refractivity contribution in [2.45, 2.75) is 50.7 Å². The number of methoxy groups -OCH3 is 1. The molecule has 3 aromatic rings. The molecule has 4 nitrogen and oxygen atoms in total. The second-order valence-electron chi connectivity index (χ2n) is 7.94. The summed E-state index contributed by atoms with van der Waals surface area (Å²) in [6.07, 6.45) is 7.39. The summed E-state index contributed by atoms with van der Waals surface area (Å²) in [4.78, 5) is 0. The normalized spacial score (nSPS) is 18.9. The van der Waals surface area contributed by atoms with E-state index in [1.807, 2.05) is 41.1 Å². The summed E-state index contributed by atoms with van der Waals surface area (Å²) < 4.78 is 14.1. The smallest absolute Gasteiger partial charge is 0.144 e. The zero-order valence-electron chi connectivity index (χ0n) is 16.6. The fraction of sp³-hybridized carbons (Fsp3) is 0.375. The number of hydrogen-bond acceptors (Lipinski definition) is 3. The third kappa shape index (κ3) is 3.56. The number of para-hydroxylation sites is 2. The molecule has 0 N–H and O–H groups in total. The van der Waals surface area contributed by atoms with Crippen LogP contribution in [0, 0.1) is 0 Å². The van der Waals surface area contributed by atoms with Crippen LogP contribution < -0.4 is 4.74 Å². The van der Waals surface area contributed by atoms with Gasteiger partial charge in [0.1, 0.15) is 11.4 Å². The van der Waals surface area contributed by atoms with Gasteiger partial charge in [0.15, 0.2) is 0 Å². The Hall–Kier alpha value is -2.30. The molecule has 2 aliphatic rings. The average molecular weight is 409 g/mol. The monoisotopic (exact) mass is 408 g/mol. The third-order valence-corrected chi connectivity index (χ3v) is 6.29. The number of halogens is 1. The molecule has 150 valence electrons. The van der Waals surface area contributed by atoms with Crippen molar-refractivity contribution in [3.05, 3.63) is 64.8 Å². The maximum Gasteiger partial charge on any atom is 0.144 e. The van der Waals surface area contributed by atoms with Crippen molar-refractivity contribution in [1.82, 2.24) is 9.78 Å². The molecule has 0 amide bonds. The Morgan fingerprint density at radius 1 is 0.966 bits per heavy atom. The molecule has 0 spiro atoms. The number of ether oxygens (including phenoxy) is 2. The lowest BCUT2D eigenvalue weighted by Gasteiger charge is -2.18. The van der Waals surface area contributed by atoms with E-state index in [0.29, 0.717) is 6.10 Å². The van der Waals surface area contributed by atoms with E-state index >= 15 is 0 Å².